The quantitative estimate of drug-likeness (QED) is 0.738. The molecule has 2 aliphatic rings. The Bertz CT molecular complexity index is 382. The van der Waals surface area contributed by atoms with Crippen LogP contribution >= 0.6 is 0 Å². The third-order valence-electron chi connectivity index (χ3n) is 4.72. The molecule has 112 valence electrons. The van der Waals surface area contributed by atoms with Gasteiger partial charge in [0, 0.05) is 12.0 Å². The SMILES string of the molecule is O=S1(=O)CCC(C(CO)(CO)CCC2CCCO2)C1. The first-order valence-electron chi connectivity index (χ1n) is 7.05. The first-order valence-corrected chi connectivity index (χ1v) is 8.87. The minimum atomic E-state index is -2.99. The molecule has 0 amide bonds. The van der Waals surface area contributed by atoms with E-state index >= 15 is 0 Å². The lowest BCUT2D eigenvalue weighted by Gasteiger charge is -2.36. The number of aliphatic hydroxyl groups is 2. The van der Waals surface area contributed by atoms with Gasteiger partial charge in [0.15, 0.2) is 9.84 Å². The van der Waals surface area contributed by atoms with Crippen LogP contribution in [-0.2, 0) is 14.6 Å². The molecule has 2 atom stereocenters. The van der Waals surface area contributed by atoms with Crippen LogP contribution < -0.4 is 0 Å². The number of sulfone groups is 1. The minimum absolute atomic E-state index is 0.0969. The fraction of sp³-hybridized carbons (Fsp3) is 1.00. The van der Waals surface area contributed by atoms with E-state index in [1.807, 2.05) is 0 Å². The molecule has 19 heavy (non-hydrogen) atoms. The Morgan fingerprint density at radius 2 is 1.95 bits per heavy atom. The Morgan fingerprint density at radius 1 is 1.21 bits per heavy atom. The average molecular weight is 292 g/mol. The second-order valence-electron chi connectivity index (χ2n) is 5.95. The zero-order chi connectivity index (χ0) is 13.9. The van der Waals surface area contributed by atoms with E-state index in [0.29, 0.717) is 12.8 Å². The van der Waals surface area contributed by atoms with Crippen molar-refractivity contribution in [1.82, 2.24) is 0 Å². The van der Waals surface area contributed by atoms with Gasteiger partial charge in [-0.2, -0.15) is 0 Å². The van der Waals surface area contributed by atoms with Gasteiger partial charge in [-0.25, -0.2) is 8.42 Å². The maximum Gasteiger partial charge on any atom is 0.150 e. The van der Waals surface area contributed by atoms with Crippen molar-refractivity contribution in [3.8, 4) is 0 Å². The Balaban J connectivity index is 2.00. The molecule has 6 heteroatoms. The van der Waals surface area contributed by atoms with Crippen LogP contribution in [0.25, 0.3) is 0 Å². The second-order valence-corrected chi connectivity index (χ2v) is 8.18. The topological polar surface area (TPSA) is 83.8 Å². The fourth-order valence-electron chi connectivity index (χ4n) is 3.27. The normalized spacial score (nSPS) is 30.8. The molecule has 2 aliphatic heterocycles. The van der Waals surface area contributed by atoms with Gasteiger partial charge in [-0.1, -0.05) is 0 Å². The third-order valence-corrected chi connectivity index (χ3v) is 6.48. The summed E-state index contributed by atoms with van der Waals surface area (Å²) in [6.07, 6.45) is 4.26. The van der Waals surface area contributed by atoms with E-state index in [4.69, 9.17) is 4.74 Å². The number of aliphatic hydroxyl groups excluding tert-OH is 2. The van der Waals surface area contributed by atoms with Crippen molar-refractivity contribution in [3.05, 3.63) is 0 Å². The van der Waals surface area contributed by atoms with Crippen LogP contribution in [-0.4, -0.2) is 56.1 Å². The van der Waals surface area contributed by atoms with Crippen LogP contribution in [0.3, 0.4) is 0 Å². The van der Waals surface area contributed by atoms with Crippen molar-refractivity contribution in [2.75, 3.05) is 31.3 Å². The molecule has 0 bridgehead atoms. The number of hydrogen-bond donors (Lipinski definition) is 2. The van der Waals surface area contributed by atoms with E-state index in [-0.39, 0.29) is 36.7 Å². The summed E-state index contributed by atoms with van der Waals surface area (Å²) in [5.41, 5.74) is -0.671. The van der Waals surface area contributed by atoms with Crippen molar-refractivity contribution in [3.63, 3.8) is 0 Å². The van der Waals surface area contributed by atoms with Crippen molar-refractivity contribution in [2.24, 2.45) is 11.3 Å². The monoisotopic (exact) mass is 292 g/mol. The van der Waals surface area contributed by atoms with Gasteiger partial charge in [0.25, 0.3) is 0 Å². The minimum Gasteiger partial charge on any atom is -0.396 e. The smallest absolute Gasteiger partial charge is 0.150 e. The van der Waals surface area contributed by atoms with Gasteiger partial charge in [-0.05, 0) is 38.0 Å². The van der Waals surface area contributed by atoms with Crippen LogP contribution in [0.2, 0.25) is 0 Å². The highest BCUT2D eigenvalue weighted by Gasteiger charge is 2.44. The molecule has 2 heterocycles. The Kier molecular flexibility index (Phi) is 4.87. The van der Waals surface area contributed by atoms with Crippen molar-refractivity contribution in [1.29, 1.82) is 0 Å². The molecule has 0 aliphatic carbocycles. The highest BCUT2D eigenvalue weighted by atomic mass is 32.2. The van der Waals surface area contributed by atoms with Crippen LogP contribution in [0.1, 0.15) is 32.1 Å². The molecule has 2 rings (SSSR count). The lowest BCUT2D eigenvalue weighted by Crippen LogP contribution is -2.39. The molecule has 2 fully saturated rings. The molecule has 2 saturated heterocycles. The predicted octanol–water partition coefficient (Wildman–Crippen LogP) is 0.351. The van der Waals surface area contributed by atoms with Gasteiger partial charge in [0.05, 0.1) is 30.8 Å². The van der Waals surface area contributed by atoms with E-state index in [9.17, 15) is 18.6 Å². The summed E-state index contributed by atoms with van der Waals surface area (Å²) in [6, 6.07) is 0. The Hall–Kier alpha value is -0.170. The second kappa shape index (κ2) is 6.08. The standard InChI is InChI=1S/C13H24O5S/c14-9-13(10-15,5-3-12-2-1-6-18-12)11-4-7-19(16,17)8-11/h11-12,14-15H,1-10H2. The highest BCUT2D eigenvalue weighted by molar-refractivity contribution is 7.91. The lowest BCUT2D eigenvalue weighted by atomic mass is 9.72. The maximum atomic E-state index is 11.6. The Labute approximate surface area is 114 Å². The molecule has 2 N–H and O–H groups in total. The largest absolute Gasteiger partial charge is 0.396 e. The van der Waals surface area contributed by atoms with E-state index in [0.717, 1.165) is 25.9 Å². The van der Waals surface area contributed by atoms with Crippen molar-refractivity contribution >= 4 is 9.84 Å². The summed E-state index contributed by atoms with van der Waals surface area (Å²) in [6.45, 7) is 0.473. The van der Waals surface area contributed by atoms with Gasteiger partial charge < -0.3 is 14.9 Å². The number of hydrogen-bond acceptors (Lipinski definition) is 5. The Morgan fingerprint density at radius 3 is 2.42 bits per heavy atom. The van der Waals surface area contributed by atoms with Gasteiger partial charge in [-0.15, -0.1) is 0 Å². The highest BCUT2D eigenvalue weighted by Crippen LogP contribution is 2.40. The van der Waals surface area contributed by atoms with E-state index in [1.165, 1.54) is 0 Å². The molecular formula is C13H24O5S. The van der Waals surface area contributed by atoms with E-state index in [2.05, 4.69) is 0 Å². The maximum absolute atomic E-state index is 11.6. The molecule has 0 aromatic heterocycles. The van der Waals surface area contributed by atoms with E-state index < -0.39 is 15.3 Å². The summed E-state index contributed by atoms with van der Waals surface area (Å²) in [7, 11) is -2.99. The molecule has 0 radical (unpaired) electrons. The fourth-order valence-corrected chi connectivity index (χ4v) is 5.21. The first-order chi connectivity index (χ1) is 9.01. The molecule has 0 aromatic carbocycles. The summed E-state index contributed by atoms with van der Waals surface area (Å²) in [4.78, 5) is 0. The summed E-state index contributed by atoms with van der Waals surface area (Å²) < 4.78 is 28.7. The van der Waals surface area contributed by atoms with Crippen LogP contribution in [0.15, 0.2) is 0 Å². The van der Waals surface area contributed by atoms with Gasteiger partial charge >= 0.3 is 0 Å². The first kappa shape index (κ1) is 15.2. The molecule has 0 saturated carbocycles. The summed E-state index contributed by atoms with van der Waals surface area (Å²) in [5.74, 6) is 0.146. The van der Waals surface area contributed by atoms with Gasteiger partial charge in [-0.3, -0.25) is 0 Å². The molecule has 5 nitrogen and oxygen atoms in total. The molecule has 0 spiro atoms. The third kappa shape index (κ3) is 3.48. The number of rotatable bonds is 6. The average Bonchev–Trinajstić information content (AvgIpc) is 3.01. The zero-order valence-electron chi connectivity index (χ0n) is 11.3. The van der Waals surface area contributed by atoms with Crippen LogP contribution in [0.4, 0.5) is 0 Å². The molecule has 0 aromatic rings. The predicted molar refractivity (Wildman–Crippen MR) is 71.6 cm³/mol. The number of ether oxygens (including phenoxy) is 1. The zero-order valence-corrected chi connectivity index (χ0v) is 12.1. The van der Waals surface area contributed by atoms with Crippen molar-refractivity contribution < 1.29 is 23.4 Å². The molecular weight excluding hydrogens is 268 g/mol. The molecule has 2 unspecified atom stereocenters. The van der Waals surface area contributed by atoms with Gasteiger partial charge in [0.2, 0.25) is 0 Å². The van der Waals surface area contributed by atoms with E-state index in [1.54, 1.807) is 0 Å². The summed E-state index contributed by atoms with van der Waals surface area (Å²) in [5, 5.41) is 19.4. The van der Waals surface area contributed by atoms with Crippen LogP contribution in [0.5, 0.6) is 0 Å². The lowest BCUT2D eigenvalue weighted by molar-refractivity contribution is -0.00899. The summed E-state index contributed by atoms with van der Waals surface area (Å²) >= 11 is 0. The van der Waals surface area contributed by atoms with Crippen molar-refractivity contribution in [2.45, 2.75) is 38.2 Å². The van der Waals surface area contributed by atoms with Gasteiger partial charge in [0.1, 0.15) is 0 Å². The van der Waals surface area contributed by atoms with Crippen LogP contribution in [0, 0.1) is 11.3 Å².